The van der Waals surface area contributed by atoms with Crippen LogP contribution in [0.3, 0.4) is 0 Å². The van der Waals surface area contributed by atoms with Gasteiger partial charge in [-0.1, -0.05) is 0 Å². The Morgan fingerprint density at radius 3 is 2.52 bits per heavy atom. The summed E-state index contributed by atoms with van der Waals surface area (Å²) in [4.78, 5) is 27.0. The minimum absolute atomic E-state index is 0.00899. The lowest BCUT2D eigenvalue weighted by molar-refractivity contribution is -0.131. The molecule has 0 N–H and O–H groups in total. The zero-order valence-electron chi connectivity index (χ0n) is 14.2. The Morgan fingerprint density at radius 1 is 1.26 bits per heavy atom. The number of aryl methyl sites for hydroxylation is 1. The van der Waals surface area contributed by atoms with Gasteiger partial charge in [-0.25, -0.2) is 4.68 Å². The first-order chi connectivity index (χ1) is 10.8. The van der Waals surface area contributed by atoms with Crippen molar-refractivity contribution in [3.05, 3.63) is 22.2 Å². The Hall–Kier alpha value is -2.18. The number of carbonyl (C=O) groups is 1. The maximum Gasteiger partial charge on any atom is 0.293 e. The van der Waals surface area contributed by atoms with Gasteiger partial charge in [0.15, 0.2) is 0 Å². The highest BCUT2D eigenvalue weighted by atomic mass is 16.2. The van der Waals surface area contributed by atoms with Crippen molar-refractivity contribution in [1.29, 1.82) is 0 Å². The van der Waals surface area contributed by atoms with Crippen molar-refractivity contribution in [2.45, 2.75) is 52.6 Å². The van der Waals surface area contributed by atoms with E-state index < -0.39 is 0 Å². The third-order valence-electron chi connectivity index (χ3n) is 4.25. The molecule has 0 saturated carbocycles. The maximum atomic E-state index is 12.8. The number of carbonyl (C=O) groups excluding carboxylic acids is 1. The molecule has 1 aliphatic rings. The van der Waals surface area contributed by atoms with E-state index in [4.69, 9.17) is 0 Å². The summed E-state index contributed by atoms with van der Waals surface area (Å²) in [5.74, 6) is -0.0438. The van der Waals surface area contributed by atoms with Gasteiger partial charge in [0, 0.05) is 18.5 Å². The second-order valence-electron chi connectivity index (χ2n) is 7.13. The van der Waals surface area contributed by atoms with Gasteiger partial charge in [0.05, 0.1) is 17.4 Å². The van der Waals surface area contributed by atoms with Gasteiger partial charge in [-0.3, -0.25) is 14.3 Å². The van der Waals surface area contributed by atoms with Crippen LogP contribution < -0.4 is 5.56 Å². The molecule has 1 aliphatic heterocycles. The number of hydrogen-bond acceptors (Lipinski definition) is 4. The van der Waals surface area contributed by atoms with E-state index in [1.165, 1.54) is 4.68 Å². The lowest BCUT2D eigenvalue weighted by Gasteiger charge is -2.20. The van der Waals surface area contributed by atoms with Gasteiger partial charge in [0.25, 0.3) is 5.56 Å². The predicted molar refractivity (Wildman–Crippen MR) is 87.3 cm³/mol. The Labute approximate surface area is 134 Å². The van der Waals surface area contributed by atoms with Gasteiger partial charge in [-0.05, 0) is 40.5 Å². The average Bonchev–Trinajstić information content (AvgIpc) is 3.12. The van der Waals surface area contributed by atoms with E-state index in [0.29, 0.717) is 11.2 Å². The molecule has 7 nitrogen and oxygen atoms in total. The number of amides is 1. The Kier molecular flexibility index (Phi) is 3.74. The number of fused-ring (bicyclic) bond motifs is 1. The molecule has 0 aromatic carbocycles. The average molecular weight is 317 g/mol. The zero-order chi connectivity index (χ0) is 16.8. The summed E-state index contributed by atoms with van der Waals surface area (Å²) in [6.07, 6.45) is 3.74. The lowest BCUT2D eigenvalue weighted by atomic mass is 10.1. The first kappa shape index (κ1) is 15.7. The van der Waals surface area contributed by atoms with Crippen LogP contribution in [0.15, 0.2) is 11.0 Å². The first-order valence-electron chi connectivity index (χ1n) is 8.03. The van der Waals surface area contributed by atoms with Gasteiger partial charge in [0.1, 0.15) is 12.1 Å². The van der Waals surface area contributed by atoms with Crippen molar-refractivity contribution < 1.29 is 4.79 Å². The monoisotopic (exact) mass is 317 g/mol. The van der Waals surface area contributed by atoms with Crippen molar-refractivity contribution in [1.82, 2.24) is 24.5 Å². The molecule has 0 aliphatic carbocycles. The predicted octanol–water partition coefficient (Wildman–Crippen LogP) is 1.28. The fourth-order valence-corrected chi connectivity index (χ4v) is 3.03. The van der Waals surface area contributed by atoms with E-state index in [9.17, 15) is 9.59 Å². The standard InChI is InChI=1S/C16H23N5O2/c1-11-12-9-17-21(16(2,3)4)14(12)15(23)20(18-11)10-13(22)19-7-5-6-8-19/h9H,5-8,10H2,1-4H3. The molecule has 3 rings (SSSR count). The third kappa shape index (κ3) is 2.75. The van der Waals surface area contributed by atoms with Gasteiger partial charge in [-0.2, -0.15) is 10.2 Å². The lowest BCUT2D eigenvalue weighted by Crippen LogP contribution is -2.37. The van der Waals surface area contributed by atoms with E-state index in [0.717, 1.165) is 31.3 Å². The molecular formula is C16H23N5O2. The molecule has 7 heteroatoms. The molecular weight excluding hydrogens is 294 g/mol. The maximum absolute atomic E-state index is 12.8. The van der Waals surface area contributed by atoms with E-state index in [-0.39, 0.29) is 23.6 Å². The van der Waals surface area contributed by atoms with Gasteiger partial charge >= 0.3 is 0 Å². The summed E-state index contributed by atoms with van der Waals surface area (Å²) in [5, 5.41) is 9.41. The number of hydrogen-bond donors (Lipinski definition) is 0. The van der Waals surface area contributed by atoms with Crippen molar-refractivity contribution >= 4 is 16.8 Å². The van der Waals surface area contributed by atoms with Gasteiger partial charge in [0.2, 0.25) is 5.91 Å². The molecule has 3 heterocycles. The van der Waals surface area contributed by atoms with Crippen LogP contribution >= 0.6 is 0 Å². The smallest absolute Gasteiger partial charge is 0.293 e. The summed E-state index contributed by atoms with van der Waals surface area (Å²) in [7, 11) is 0. The molecule has 23 heavy (non-hydrogen) atoms. The normalized spacial score (nSPS) is 15.6. The largest absolute Gasteiger partial charge is 0.341 e. The molecule has 0 spiro atoms. The molecule has 124 valence electrons. The second kappa shape index (κ2) is 5.47. The highest BCUT2D eigenvalue weighted by Gasteiger charge is 2.24. The SMILES string of the molecule is Cc1nn(CC(=O)N2CCCC2)c(=O)c2c1cnn2C(C)(C)C. The van der Waals surface area contributed by atoms with Gasteiger partial charge in [-0.15, -0.1) is 0 Å². The van der Waals surface area contributed by atoms with E-state index in [1.54, 1.807) is 15.8 Å². The van der Waals surface area contributed by atoms with Crippen LogP contribution in [-0.4, -0.2) is 43.5 Å². The van der Waals surface area contributed by atoms with Crippen LogP contribution in [0.4, 0.5) is 0 Å². The number of nitrogens with zero attached hydrogens (tertiary/aromatic N) is 5. The summed E-state index contributed by atoms with van der Waals surface area (Å²) in [6, 6.07) is 0. The van der Waals surface area contributed by atoms with Crippen LogP contribution in [0, 0.1) is 6.92 Å². The van der Waals surface area contributed by atoms with Crippen LogP contribution in [0.1, 0.15) is 39.3 Å². The quantitative estimate of drug-likeness (QED) is 0.836. The van der Waals surface area contributed by atoms with Gasteiger partial charge < -0.3 is 4.90 Å². The van der Waals surface area contributed by atoms with E-state index in [1.807, 2.05) is 27.7 Å². The molecule has 2 aromatic rings. The Morgan fingerprint density at radius 2 is 1.91 bits per heavy atom. The van der Waals surface area contributed by atoms with Crippen molar-refractivity contribution in [2.24, 2.45) is 0 Å². The summed E-state index contributed by atoms with van der Waals surface area (Å²) in [5.41, 5.74) is 0.653. The second-order valence-corrected chi connectivity index (χ2v) is 7.13. The minimum Gasteiger partial charge on any atom is -0.341 e. The van der Waals surface area contributed by atoms with Crippen LogP contribution in [0.25, 0.3) is 10.9 Å². The number of likely N-dealkylation sites (tertiary alicyclic amines) is 1. The topological polar surface area (TPSA) is 73.0 Å². The molecule has 0 radical (unpaired) electrons. The molecule has 0 unspecified atom stereocenters. The summed E-state index contributed by atoms with van der Waals surface area (Å²) >= 11 is 0. The molecule has 1 amide bonds. The third-order valence-corrected chi connectivity index (χ3v) is 4.25. The van der Waals surface area contributed by atoms with Crippen LogP contribution in [0.5, 0.6) is 0 Å². The van der Waals surface area contributed by atoms with Crippen molar-refractivity contribution in [3.8, 4) is 0 Å². The summed E-state index contributed by atoms with van der Waals surface area (Å²) < 4.78 is 3.00. The van der Waals surface area contributed by atoms with Crippen molar-refractivity contribution in [3.63, 3.8) is 0 Å². The fraction of sp³-hybridized carbons (Fsp3) is 0.625. The van der Waals surface area contributed by atoms with Crippen LogP contribution in [0.2, 0.25) is 0 Å². The first-order valence-corrected chi connectivity index (χ1v) is 8.03. The Bertz CT molecular complexity index is 806. The van der Waals surface area contributed by atoms with E-state index in [2.05, 4.69) is 10.2 Å². The Balaban J connectivity index is 2.06. The van der Waals surface area contributed by atoms with E-state index >= 15 is 0 Å². The summed E-state index contributed by atoms with van der Waals surface area (Å²) in [6.45, 7) is 9.36. The van der Waals surface area contributed by atoms with Crippen molar-refractivity contribution in [2.75, 3.05) is 13.1 Å². The molecule has 1 saturated heterocycles. The number of aromatic nitrogens is 4. The molecule has 0 bridgehead atoms. The molecule has 0 atom stereocenters. The van der Waals surface area contributed by atoms with Crippen LogP contribution in [-0.2, 0) is 16.9 Å². The molecule has 2 aromatic heterocycles. The minimum atomic E-state index is -0.314. The fourth-order valence-electron chi connectivity index (χ4n) is 3.03. The highest BCUT2D eigenvalue weighted by molar-refractivity contribution is 5.81. The highest BCUT2D eigenvalue weighted by Crippen LogP contribution is 2.20. The molecule has 1 fully saturated rings. The zero-order valence-corrected chi connectivity index (χ0v) is 14.2. The number of rotatable bonds is 2.